The molecule has 44 valence electrons. The maximum Gasteiger partial charge on any atom is 0.0118 e. The van der Waals surface area contributed by atoms with E-state index in [1.807, 2.05) is 0 Å². The Bertz CT molecular complexity index is 44.2. The fourth-order valence-electron chi connectivity index (χ4n) is 0.471. The summed E-state index contributed by atoms with van der Waals surface area (Å²) in [6, 6.07) is 0. The van der Waals surface area contributed by atoms with Crippen molar-refractivity contribution < 1.29 is 0 Å². The van der Waals surface area contributed by atoms with Crippen molar-refractivity contribution in [3.63, 3.8) is 0 Å². The van der Waals surface area contributed by atoms with E-state index in [1.54, 1.807) is 9.76 Å². The summed E-state index contributed by atoms with van der Waals surface area (Å²) in [6.07, 6.45) is 0. The zero-order chi connectivity index (χ0) is 5.86. The van der Waals surface area contributed by atoms with Crippen LogP contribution in [0.25, 0.3) is 0 Å². The van der Waals surface area contributed by atoms with Gasteiger partial charge in [-0.15, -0.1) is 0 Å². The Hall–Kier alpha value is 0.651. The molecule has 7 heavy (non-hydrogen) atoms. The smallest absolute Gasteiger partial charge is 0.0118 e. The van der Waals surface area contributed by atoms with Crippen LogP contribution in [0.2, 0.25) is 12.1 Å². The van der Waals surface area contributed by atoms with Gasteiger partial charge in [0.2, 0.25) is 0 Å². The standard InChI is InChI=1S/C4H16Si3/c1-4(2)7(5)6-3/h4,7H,6H2,1-3,5H3. The quantitative estimate of drug-likeness (QED) is 0.450. The largest absolute Gasteiger partial charge is 0.0771 e. The van der Waals surface area contributed by atoms with E-state index in [-0.39, 0.29) is 7.83 Å². The van der Waals surface area contributed by atoms with Crippen LogP contribution in [0.1, 0.15) is 13.8 Å². The maximum atomic E-state index is 2.48. The van der Waals surface area contributed by atoms with Crippen LogP contribution in [-0.4, -0.2) is 26.6 Å². The molecule has 0 aromatic heterocycles. The minimum atomic E-state index is 0.0231. The van der Waals surface area contributed by atoms with Crippen molar-refractivity contribution in [2.75, 3.05) is 0 Å². The molecular weight excluding hydrogens is 132 g/mol. The Morgan fingerprint density at radius 2 is 2.00 bits per heavy atom. The fourth-order valence-corrected chi connectivity index (χ4v) is 4.24. The van der Waals surface area contributed by atoms with E-state index >= 15 is 0 Å². The van der Waals surface area contributed by atoms with E-state index in [2.05, 4.69) is 20.4 Å². The van der Waals surface area contributed by atoms with Gasteiger partial charge < -0.3 is 0 Å². The van der Waals surface area contributed by atoms with Gasteiger partial charge in [0.15, 0.2) is 0 Å². The molecule has 3 heteroatoms. The highest BCUT2D eigenvalue weighted by molar-refractivity contribution is 7.35. The highest BCUT2D eigenvalue weighted by Crippen LogP contribution is 2.00. The van der Waals surface area contributed by atoms with Crippen molar-refractivity contribution >= 4 is 26.6 Å². The first-order valence-corrected chi connectivity index (χ1v) is 13.1. The van der Waals surface area contributed by atoms with Gasteiger partial charge in [0, 0.05) is 16.9 Å². The first-order valence-electron chi connectivity index (χ1n) is 3.18. The van der Waals surface area contributed by atoms with Gasteiger partial charge in [-0.05, 0) is 9.76 Å². The molecule has 0 fully saturated rings. The molecular formula is C4H16Si3. The van der Waals surface area contributed by atoms with Gasteiger partial charge in [-0.1, -0.05) is 25.9 Å². The molecule has 0 nitrogen and oxygen atoms in total. The fraction of sp³-hybridized carbons (Fsp3) is 1.00. The Kier molecular flexibility index (Phi) is 3.97. The predicted octanol–water partition coefficient (Wildman–Crippen LogP) is -0.801. The summed E-state index contributed by atoms with van der Waals surface area (Å²) in [4.78, 5) is 0. The van der Waals surface area contributed by atoms with E-state index in [0.29, 0.717) is 9.04 Å². The summed E-state index contributed by atoms with van der Waals surface area (Å²) < 4.78 is 0. The molecule has 0 aromatic carbocycles. The highest BCUT2D eigenvalue weighted by atomic mass is 29.5. The summed E-state index contributed by atoms with van der Waals surface area (Å²) in [5, 5.41) is 0. The zero-order valence-electron chi connectivity index (χ0n) is 5.86. The SMILES string of the molecule is C[SiH2][SiH]([SiH3])C(C)C. The van der Waals surface area contributed by atoms with E-state index in [9.17, 15) is 0 Å². The van der Waals surface area contributed by atoms with E-state index in [1.165, 1.54) is 0 Å². The van der Waals surface area contributed by atoms with E-state index < -0.39 is 0 Å². The molecule has 0 radical (unpaired) electrons. The number of hydrogen-bond acceptors (Lipinski definition) is 0. The molecule has 0 bridgehead atoms. The molecule has 0 aliphatic rings. The summed E-state index contributed by atoms with van der Waals surface area (Å²) >= 11 is 0. The number of rotatable bonds is 2. The Morgan fingerprint density at radius 3 is 2.00 bits per heavy atom. The lowest BCUT2D eigenvalue weighted by atomic mass is 10.6. The van der Waals surface area contributed by atoms with Gasteiger partial charge >= 0.3 is 0 Å². The Morgan fingerprint density at radius 1 is 1.57 bits per heavy atom. The third kappa shape index (κ3) is 3.25. The second-order valence-corrected chi connectivity index (χ2v) is 22.4. The molecule has 0 saturated carbocycles. The molecule has 0 amide bonds. The van der Waals surface area contributed by atoms with Crippen molar-refractivity contribution in [3.8, 4) is 0 Å². The van der Waals surface area contributed by atoms with Gasteiger partial charge in [0.25, 0.3) is 0 Å². The lowest BCUT2D eigenvalue weighted by molar-refractivity contribution is 1.07. The molecule has 0 N–H and O–H groups in total. The molecule has 0 aliphatic carbocycles. The zero-order valence-corrected chi connectivity index (χ0v) is 10.4. The minimum absolute atomic E-state index is 0.0231. The predicted molar refractivity (Wildman–Crippen MR) is 46.6 cm³/mol. The lowest BCUT2D eigenvalue weighted by Crippen LogP contribution is -2.23. The maximum absolute atomic E-state index is 2.48. The van der Waals surface area contributed by atoms with Gasteiger partial charge in [-0.3, -0.25) is 0 Å². The first kappa shape index (κ1) is 7.65. The van der Waals surface area contributed by atoms with Gasteiger partial charge in [0.1, 0.15) is 0 Å². The van der Waals surface area contributed by atoms with Crippen LogP contribution < -0.4 is 0 Å². The van der Waals surface area contributed by atoms with Crippen LogP contribution in [0, 0.1) is 0 Å². The monoisotopic (exact) mass is 148 g/mol. The van der Waals surface area contributed by atoms with Crippen molar-refractivity contribution in [1.82, 2.24) is 0 Å². The molecule has 1 unspecified atom stereocenters. The average Bonchev–Trinajstić information content (AvgIpc) is 1.65. The van der Waals surface area contributed by atoms with Gasteiger partial charge in [-0.2, -0.15) is 0 Å². The second-order valence-electron chi connectivity index (χ2n) is 2.63. The summed E-state index contributed by atoms with van der Waals surface area (Å²) in [5.74, 6) is 0. The van der Waals surface area contributed by atoms with Crippen molar-refractivity contribution in [3.05, 3.63) is 0 Å². The highest BCUT2D eigenvalue weighted by Gasteiger charge is 2.03. The lowest BCUT2D eigenvalue weighted by Gasteiger charge is -2.08. The molecule has 0 heterocycles. The molecule has 1 atom stereocenters. The molecule has 0 aromatic rings. The third-order valence-corrected chi connectivity index (χ3v) is 23.4. The molecule has 0 spiro atoms. The second kappa shape index (κ2) is 3.63. The van der Waals surface area contributed by atoms with Crippen LogP contribution in [0.4, 0.5) is 0 Å². The Labute approximate surface area is 53.1 Å². The van der Waals surface area contributed by atoms with E-state index in [4.69, 9.17) is 0 Å². The van der Waals surface area contributed by atoms with Gasteiger partial charge in [0.05, 0.1) is 0 Å². The van der Waals surface area contributed by atoms with Crippen molar-refractivity contribution in [2.45, 2.75) is 25.9 Å². The normalized spacial score (nSPS) is 17.1. The van der Waals surface area contributed by atoms with Crippen molar-refractivity contribution in [1.29, 1.82) is 0 Å². The average molecular weight is 148 g/mol. The minimum Gasteiger partial charge on any atom is -0.0771 e. The molecule has 0 aliphatic heterocycles. The van der Waals surface area contributed by atoms with Crippen LogP contribution >= 0.6 is 0 Å². The molecule has 0 saturated heterocycles. The van der Waals surface area contributed by atoms with E-state index in [0.717, 1.165) is 5.54 Å². The first-order chi connectivity index (χ1) is 3.18. The summed E-state index contributed by atoms with van der Waals surface area (Å²) in [5.41, 5.74) is 1.13. The van der Waals surface area contributed by atoms with Gasteiger partial charge in [-0.25, -0.2) is 0 Å². The molecule has 0 rings (SSSR count). The summed E-state index contributed by atoms with van der Waals surface area (Å²) in [7, 11) is 2.09. The van der Waals surface area contributed by atoms with Crippen LogP contribution in [0.3, 0.4) is 0 Å². The van der Waals surface area contributed by atoms with Crippen LogP contribution in [-0.2, 0) is 0 Å². The third-order valence-electron chi connectivity index (χ3n) is 1.78. The topological polar surface area (TPSA) is 0 Å². The number of hydrogen-bond donors (Lipinski definition) is 0. The Balaban J connectivity index is 3.14. The van der Waals surface area contributed by atoms with Crippen LogP contribution in [0.5, 0.6) is 0 Å². The summed E-state index contributed by atoms with van der Waals surface area (Å²) in [6.45, 7) is 7.28. The van der Waals surface area contributed by atoms with Crippen LogP contribution in [0.15, 0.2) is 0 Å². The van der Waals surface area contributed by atoms with Crippen molar-refractivity contribution in [2.24, 2.45) is 0 Å².